The van der Waals surface area contributed by atoms with E-state index in [2.05, 4.69) is 4.98 Å². The number of imidazole rings is 1. The number of carbonyl (C=O) groups excluding carboxylic acids is 1. The second-order valence-corrected chi connectivity index (χ2v) is 7.51. The fourth-order valence-corrected chi connectivity index (χ4v) is 3.75. The first-order valence-corrected chi connectivity index (χ1v) is 9.75. The molecule has 160 valence electrons. The third kappa shape index (κ3) is 4.00. The van der Waals surface area contributed by atoms with Crippen molar-refractivity contribution in [3.8, 4) is 0 Å². The van der Waals surface area contributed by atoms with Crippen molar-refractivity contribution in [1.82, 2.24) is 14.5 Å². The van der Waals surface area contributed by atoms with Crippen LogP contribution in [0.15, 0.2) is 30.3 Å². The lowest BCUT2D eigenvalue weighted by Crippen LogP contribution is -2.53. The van der Waals surface area contributed by atoms with Crippen molar-refractivity contribution in [3.05, 3.63) is 36.2 Å². The van der Waals surface area contributed by atoms with E-state index in [1.165, 1.54) is 6.08 Å². The van der Waals surface area contributed by atoms with Crippen molar-refractivity contribution in [2.75, 3.05) is 32.9 Å². The number of hydrogen-bond donors (Lipinski definition) is 2. The first-order valence-electron chi connectivity index (χ1n) is 9.75. The van der Waals surface area contributed by atoms with Crippen LogP contribution in [0.1, 0.15) is 18.7 Å². The van der Waals surface area contributed by atoms with E-state index in [1.807, 2.05) is 0 Å². The van der Waals surface area contributed by atoms with Crippen LogP contribution in [-0.4, -0.2) is 59.2 Å². The van der Waals surface area contributed by atoms with Gasteiger partial charge in [-0.2, -0.15) is 0 Å². The summed E-state index contributed by atoms with van der Waals surface area (Å²) in [5, 5.41) is 7.97. The molecular formula is C20H23F2N5O3. The number of halogens is 2. The Morgan fingerprint density at radius 3 is 2.87 bits per heavy atom. The summed E-state index contributed by atoms with van der Waals surface area (Å²) in [6.07, 6.45) is -0.866. The van der Waals surface area contributed by atoms with Crippen molar-refractivity contribution in [2.24, 2.45) is 17.6 Å². The molecule has 1 unspecified atom stereocenters. The van der Waals surface area contributed by atoms with Crippen molar-refractivity contribution >= 4 is 28.7 Å². The molecule has 3 N–H and O–H groups in total. The van der Waals surface area contributed by atoms with Gasteiger partial charge < -0.3 is 20.1 Å². The van der Waals surface area contributed by atoms with Gasteiger partial charge in [-0.05, 0) is 18.6 Å². The number of para-hydroxylation sites is 2. The Labute approximate surface area is 171 Å². The Bertz CT molecular complexity index is 978. The summed E-state index contributed by atoms with van der Waals surface area (Å²) in [6, 6.07) is 6.65. The maximum absolute atomic E-state index is 13.4. The van der Waals surface area contributed by atoms with Gasteiger partial charge >= 0.3 is 0 Å². The van der Waals surface area contributed by atoms with E-state index in [9.17, 15) is 13.6 Å². The molecule has 0 saturated carbocycles. The number of ether oxygens (including phenoxy) is 2. The summed E-state index contributed by atoms with van der Waals surface area (Å²) in [4.78, 5) is 17.9. The lowest BCUT2D eigenvalue weighted by Gasteiger charge is -2.40. The molecule has 2 aliphatic heterocycles. The Morgan fingerprint density at radius 1 is 1.40 bits per heavy atom. The predicted molar refractivity (Wildman–Crippen MR) is 106 cm³/mol. The van der Waals surface area contributed by atoms with Crippen molar-refractivity contribution < 1.29 is 23.0 Å². The summed E-state index contributed by atoms with van der Waals surface area (Å²) in [6.45, 7) is 2.50. The van der Waals surface area contributed by atoms with Gasteiger partial charge in [0.1, 0.15) is 5.82 Å². The molecule has 1 atom stereocenters. The minimum absolute atomic E-state index is 0.0538. The summed E-state index contributed by atoms with van der Waals surface area (Å²) in [5.74, 6) is -0.620. The molecule has 4 rings (SSSR count). The van der Waals surface area contributed by atoms with Gasteiger partial charge in [-0.1, -0.05) is 12.1 Å². The first kappa shape index (κ1) is 20.3. The van der Waals surface area contributed by atoms with Crippen LogP contribution in [-0.2, 0) is 14.3 Å². The Balaban J connectivity index is 1.35. The lowest BCUT2D eigenvalue weighted by atomic mass is 9.97. The standard InChI is InChI=1S/C20H23F2N5O3/c21-18(22)19-25-14-3-1-2-4-15(14)27(19)16(23)7-17(24)30-10-12-8-26(9-12)20(28)13-5-6-29-11-13/h1-4,7,12-13,18,24H,5-6,8-11,23H2/b16-7+,24-17?. The smallest absolute Gasteiger partial charge is 0.296 e. The van der Waals surface area contributed by atoms with Gasteiger partial charge in [0.15, 0.2) is 5.82 Å². The van der Waals surface area contributed by atoms with Gasteiger partial charge in [0.25, 0.3) is 6.43 Å². The predicted octanol–water partition coefficient (Wildman–Crippen LogP) is 2.22. The number of rotatable bonds is 6. The maximum atomic E-state index is 13.4. The highest BCUT2D eigenvalue weighted by molar-refractivity contribution is 5.91. The molecular weight excluding hydrogens is 396 g/mol. The van der Waals surface area contributed by atoms with Crippen LogP contribution in [0.2, 0.25) is 0 Å². The van der Waals surface area contributed by atoms with E-state index in [4.69, 9.17) is 20.6 Å². The van der Waals surface area contributed by atoms with Crippen LogP contribution in [0.3, 0.4) is 0 Å². The maximum Gasteiger partial charge on any atom is 0.296 e. The van der Waals surface area contributed by atoms with Crippen LogP contribution in [0, 0.1) is 17.2 Å². The Morgan fingerprint density at radius 2 is 2.17 bits per heavy atom. The highest BCUT2D eigenvalue weighted by Crippen LogP contribution is 2.26. The molecule has 10 heteroatoms. The number of aromatic nitrogens is 2. The third-order valence-electron chi connectivity index (χ3n) is 5.34. The number of nitrogens with zero attached hydrogens (tertiary/aromatic N) is 3. The van der Waals surface area contributed by atoms with Crippen LogP contribution in [0.5, 0.6) is 0 Å². The van der Waals surface area contributed by atoms with Gasteiger partial charge in [0, 0.05) is 31.7 Å². The normalized spacial score (nSPS) is 20.0. The minimum atomic E-state index is -2.82. The summed E-state index contributed by atoms with van der Waals surface area (Å²) >= 11 is 0. The Kier molecular flexibility index (Phi) is 5.67. The number of likely N-dealkylation sites (tertiary alicyclic amines) is 1. The van der Waals surface area contributed by atoms with Gasteiger partial charge in [0.05, 0.1) is 30.2 Å². The van der Waals surface area contributed by atoms with Crippen molar-refractivity contribution in [2.45, 2.75) is 12.8 Å². The van der Waals surface area contributed by atoms with E-state index < -0.39 is 12.2 Å². The average Bonchev–Trinajstić information content (AvgIpc) is 3.34. The zero-order chi connectivity index (χ0) is 21.3. The van der Waals surface area contributed by atoms with Crippen LogP contribution in [0.4, 0.5) is 8.78 Å². The molecule has 30 heavy (non-hydrogen) atoms. The number of nitrogens with two attached hydrogens (primary N) is 1. The van der Waals surface area contributed by atoms with Crippen molar-refractivity contribution in [1.29, 1.82) is 5.41 Å². The molecule has 0 bridgehead atoms. The zero-order valence-corrected chi connectivity index (χ0v) is 16.3. The summed E-state index contributed by atoms with van der Waals surface area (Å²) in [5.41, 5.74) is 6.82. The molecule has 3 heterocycles. The molecule has 2 fully saturated rings. The lowest BCUT2D eigenvalue weighted by molar-refractivity contribution is -0.142. The molecule has 8 nitrogen and oxygen atoms in total. The minimum Gasteiger partial charge on any atom is -0.478 e. The number of benzene rings is 1. The second-order valence-electron chi connectivity index (χ2n) is 7.51. The second kappa shape index (κ2) is 8.39. The van der Waals surface area contributed by atoms with E-state index >= 15 is 0 Å². The van der Waals surface area contributed by atoms with E-state index in [-0.39, 0.29) is 36.1 Å². The molecule has 0 aliphatic carbocycles. The number of fused-ring (bicyclic) bond motifs is 1. The molecule has 1 aromatic heterocycles. The highest BCUT2D eigenvalue weighted by Gasteiger charge is 2.36. The number of carbonyl (C=O) groups is 1. The quantitative estimate of drug-likeness (QED) is 0.552. The number of amides is 1. The van der Waals surface area contributed by atoms with Gasteiger partial charge in [-0.3, -0.25) is 14.8 Å². The van der Waals surface area contributed by atoms with E-state index in [0.717, 1.165) is 11.0 Å². The number of hydrogen-bond acceptors (Lipinski definition) is 6. The largest absolute Gasteiger partial charge is 0.478 e. The fraction of sp³-hybridized carbons (Fsp3) is 0.450. The average molecular weight is 419 g/mol. The molecule has 0 radical (unpaired) electrons. The molecule has 1 amide bonds. The fourth-order valence-electron chi connectivity index (χ4n) is 3.75. The summed E-state index contributed by atoms with van der Waals surface area (Å²) < 4.78 is 38.6. The zero-order valence-electron chi connectivity index (χ0n) is 16.3. The topological polar surface area (TPSA) is 106 Å². The van der Waals surface area contributed by atoms with E-state index in [1.54, 1.807) is 29.2 Å². The van der Waals surface area contributed by atoms with Gasteiger partial charge in [0.2, 0.25) is 11.8 Å². The van der Waals surface area contributed by atoms with Crippen LogP contribution >= 0.6 is 0 Å². The highest BCUT2D eigenvalue weighted by atomic mass is 19.3. The Hall–Kier alpha value is -3.01. The van der Waals surface area contributed by atoms with E-state index in [0.29, 0.717) is 37.3 Å². The number of alkyl halides is 2. The third-order valence-corrected chi connectivity index (χ3v) is 5.34. The first-order chi connectivity index (χ1) is 14.4. The van der Waals surface area contributed by atoms with Crippen molar-refractivity contribution in [3.63, 3.8) is 0 Å². The molecule has 2 aliphatic rings. The monoisotopic (exact) mass is 419 g/mol. The summed E-state index contributed by atoms with van der Waals surface area (Å²) in [7, 11) is 0. The SMILES string of the molecule is N=C(/C=C(\N)n1c(C(F)F)nc2ccccc21)OCC1CN(C(=O)C2CCOC2)C1. The van der Waals surface area contributed by atoms with Crippen LogP contribution < -0.4 is 5.73 Å². The van der Waals surface area contributed by atoms with Crippen LogP contribution in [0.25, 0.3) is 16.9 Å². The molecule has 2 aromatic rings. The van der Waals surface area contributed by atoms with Gasteiger partial charge in [-0.15, -0.1) is 0 Å². The van der Waals surface area contributed by atoms with Gasteiger partial charge in [-0.25, -0.2) is 13.8 Å². The molecule has 1 aromatic carbocycles. The number of nitrogens with one attached hydrogen (secondary N) is 1. The molecule has 0 spiro atoms. The molecule has 2 saturated heterocycles.